The van der Waals surface area contributed by atoms with E-state index in [0.717, 1.165) is 4.68 Å². The molecule has 0 unspecified atom stereocenters. The van der Waals surface area contributed by atoms with Crippen LogP contribution < -0.4 is 5.10 Å². The Hall–Kier alpha value is -1.46. The molecular weight excluding hydrogens is 148 g/mol. The van der Waals surface area contributed by atoms with Crippen LogP contribution in [-0.2, 0) is 0 Å². The number of tetrazole rings is 1. The van der Waals surface area contributed by atoms with E-state index in [0.29, 0.717) is 5.82 Å². The van der Waals surface area contributed by atoms with Crippen molar-refractivity contribution in [2.45, 2.75) is 19.8 Å². The molecule has 1 aromatic heterocycles. The smallest absolute Gasteiger partial charge is 0.450 e. The highest BCUT2D eigenvalue weighted by Gasteiger charge is 2.22. The fraction of sp³-hybridized carbons (Fsp3) is 0.600. The van der Waals surface area contributed by atoms with Gasteiger partial charge in [0.15, 0.2) is 5.21 Å². The van der Waals surface area contributed by atoms with E-state index >= 15 is 0 Å². The lowest BCUT2D eigenvalue weighted by molar-refractivity contribution is -0.468. The first-order valence-electron chi connectivity index (χ1n) is 3.19. The monoisotopic (exact) mass is 157 g/mol. The number of hydrogen-bond donors (Lipinski definition) is 1. The van der Waals surface area contributed by atoms with Gasteiger partial charge in [-0.2, -0.15) is 0 Å². The molecule has 0 aromatic carbocycles. The van der Waals surface area contributed by atoms with Gasteiger partial charge in [0.2, 0.25) is 0 Å². The molecule has 11 heavy (non-hydrogen) atoms. The molecular formula is C5H9N4O2+. The van der Waals surface area contributed by atoms with Crippen LogP contribution in [-0.4, -0.2) is 26.3 Å². The van der Waals surface area contributed by atoms with E-state index in [1.807, 2.05) is 13.8 Å². The zero-order valence-corrected chi connectivity index (χ0v) is 6.27. The Balaban J connectivity index is 3.06. The number of nitrogens with one attached hydrogen (secondary N) is 1. The highest BCUT2D eigenvalue weighted by atomic mass is 16.4. The van der Waals surface area contributed by atoms with Gasteiger partial charge < -0.3 is 5.11 Å². The van der Waals surface area contributed by atoms with Crippen LogP contribution in [0.25, 0.3) is 0 Å². The Bertz CT molecular complexity index is 267. The molecule has 0 spiro atoms. The van der Waals surface area contributed by atoms with Crippen LogP contribution in [0.5, 0.6) is 0 Å². The lowest BCUT2D eigenvalue weighted by atomic mass is 10.2. The van der Waals surface area contributed by atoms with Crippen molar-refractivity contribution >= 4 is 6.09 Å². The van der Waals surface area contributed by atoms with E-state index in [2.05, 4.69) is 15.5 Å². The summed E-state index contributed by atoms with van der Waals surface area (Å²) in [4.78, 5) is 10.4. The second-order valence-electron chi connectivity index (χ2n) is 2.44. The number of aromatic amines is 1. The molecule has 0 saturated heterocycles. The SMILES string of the molecule is CC(C)c1[nH+]nnn1C(=O)O. The molecule has 0 aliphatic heterocycles. The fourth-order valence-electron chi connectivity index (χ4n) is 0.729. The van der Waals surface area contributed by atoms with Gasteiger partial charge in [-0.3, -0.25) is 0 Å². The van der Waals surface area contributed by atoms with Gasteiger partial charge >= 0.3 is 6.09 Å². The molecule has 0 saturated carbocycles. The van der Waals surface area contributed by atoms with Crippen molar-refractivity contribution in [2.75, 3.05) is 0 Å². The predicted molar refractivity (Wildman–Crippen MR) is 34.1 cm³/mol. The van der Waals surface area contributed by atoms with Gasteiger partial charge in [-0.1, -0.05) is 13.8 Å². The Kier molecular flexibility index (Phi) is 1.84. The highest BCUT2D eigenvalue weighted by molar-refractivity contribution is 5.66. The Morgan fingerprint density at radius 1 is 1.73 bits per heavy atom. The van der Waals surface area contributed by atoms with Crippen molar-refractivity contribution in [1.29, 1.82) is 0 Å². The molecule has 0 aliphatic carbocycles. The standard InChI is InChI=1S/C5H8N4O2/c1-3(2)4-6-7-8-9(4)5(10)11/h3H,1-2H3,(H,10,11)/p+1. The first kappa shape index (κ1) is 7.64. The van der Waals surface area contributed by atoms with Crippen LogP contribution in [0.2, 0.25) is 0 Å². The molecule has 1 rings (SSSR count). The lowest BCUT2D eigenvalue weighted by Crippen LogP contribution is -2.19. The van der Waals surface area contributed by atoms with E-state index < -0.39 is 6.09 Å². The molecule has 2 N–H and O–H groups in total. The minimum absolute atomic E-state index is 0.0705. The van der Waals surface area contributed by atoms with E-state index in [4.69, 9.17) is 5.11 Å². The summed E-state index contributed by atoms with van der Waals surface area (Å²) in [5, 5.41) is 17.8. The minimum atomic E-state index is -1.12. The third-order valence-corrected chi connectivity index (χ3v) is 1.25. The molecule has 0 amide bonds. The van der Waals surface area contributed by atoms with Gasteiger partial charge in [0.25, 0.3) is 5.82 Å². The van der Waals surface area contributed by atoms with E-state index in [9.17, 15) is 4.79 Å². The van der Waals surface area contributed by atoms with Crippen LogP contribution >= 0.6 is 0 Å². The summed E-state index contributed by atoms with van der Waals surface area (Å²) in [6.45, 7) is 3.71. The van der Waals surface area contributed by atoms with E-state index in [1.54, 1.807) is 0 Å². The second-order valence-corrected chi connectivity index (χ2v) is 2.44. The summed E-state index contributed by atoms with van der Waals surface area (Å²) in [5.41, 5.74) is 0. The number of nitrogens with zero attached hydrogens (tertiary/aromatic N) is 3. The highest BCUT2D eigenvalue weighted by Crippen LogP contribution is 2.04. The van der Waals surface area contributed by atoms with E-state index in [1.165, 1.54) is 0 Å². The molecule has 0 bridgehead atoms. The van der Waals surface area contributed by atoms with Gasteiger partial charge in [-0.05, 0) is 0 Å². The van der Waals surface area contributed by atoms with Crippen LogP contribution in [0.15, 0.2) is 0 Å². The van der Waals surface area contributed by atoms with Crippen molar-refractivity contribution in [3.8, 4) is 0 Å². The van der Waals surface area contributed by atoms with Crippen molar-refractivity contribution in [2.24, 2.45) is 0 Å². The van der Waals surface area contributed by atoms with Gasteiger partial charge in [0.1, 0.15) is 5.21 Å². The van der Waals surface area contributed by atoms with Crippen molar-refractivity contribution in [3.63, 3.8) is 0 Å². The molecule has 60 valence electrons. The number of carboxylic acid groups (broad SMARTS) is 1. The average molecular weight is 157 g/mol. The predicted octanol–water partition coefficient (Wildman–Crippen LogP) is -0.258. The van der Waals surface area contributed by atoms with Crippen LogP contribution in [0, 0.1) is 0 Å². The van der Waals surface area contributed by atoms with Gasteiger partial charge in [0, 0.05) is 10.6 Å². The van der Waals surface area contributed by atoms with Gasteiger partial charge in [0.05, 0.1) is 0 Å². The fourth-order valence-corrected chi connectivity index (χ4v) is 0.729. The Labute approximate surface area is 62.8 Å². The van der Waals surface area contributed by atoms with Crippen molar-refractivity contribution in [1.82, 2.24) is 15.1 Å². The molecule has 6 nitrogen and oxygen atoms in total. The molecule has 0 aliphatic rings. The van der Waals surface area contributed by atoms with Crippen molar-refractivity contribution < 1.29 is 15.0 Å². The lowest BCUT2D eigenvalue weighted by Gasteiger charge is -1.92. The first-order chi connectivity index (χ1) is 5.13. The van der Waals surface area contributed by atoms with E-state index in [-0.39, 0.29) is 5.92 Å². The maximum atomic E-state index is 10.4. The number of H-pyrrole nitrogens is 1. The zero-order chi connectivity index (χ0) is 8.43. The Morgan fingerprint density at radius 3 is 2.73 bits per heavy atom. The maximum absolute atomic E-state index is 10.4. The average Bonchev–Trinajstić information content (AvgIpc) is 2.32. The molecule has 1 heterocycles. The van der Waals surface area contributed by atoms with Gasteiger partial charge in [-0.25, -0.2) is 4.79 Å². The number of aromatic nitrogens is 4. The van der Waals surface area contributed by atoms with Crippen LogP contribution in [0.1, 0.15) is 25.6 Å². The largest absolute Gasteiger partial charge is 0.512 e. The van der Waals surface area contributed by atoms with Crippen molar-refractivity contribution in [3.05, 3.63) is 5.82 Å². The molecule has 0 fully saturated rings. The normalized spacial score (nSPS) is 10.5. The first-order valence-corrected chi connectivity index (χ1v) is 3.19. The number of hydrogen-bond acceptors (Lipinski definition) is 3. The Morgan fingerprint density at radius 2 is 2.36 bits per heavy atom. The minimum Gasteiger partial charge on any atom is -0.450 e. The van der Waals surface area contributed by atoms with Crippen LogP contribution in [0.4, 0.5) is 4.79 Å². The third-order valence-electron chi connectivity index (χ3n) is 1.25. The summed E-state index contributed by atoms with van der Waals surface area (Å²) >= 11 is 0. The third kappa shape index (κ3) is 1.34. The summed E-state index contributed by atoms with van der Waals surface area (Å²) in [5.74, 6) is 0.554. The number of carbonyl (C=O) groups is 1. The molecule has 6 heteroatoms. The summed E-state index contributed by atoms with van der Waals surface area (Å²) in [6, 6.07) is 0. The summed E-state index contributed by atoms with van der Waals surface area (Å²) in [7, 11) is 0. The molecule has 0 radical (unpaired) electrons. The van der Waals surface area contributed by atoms with Crippen LogP contribution in [0.3, 0.4) is 0 Å². The number of rotatable bonds is 1. The quantitative estimate of drug-likeness (QED) is 0.569. The zero-order valence-electron chi connectivity index (χ0n) is 6.27. The topological polar surface area (TPSA) is 82.2 Å². The molecule has 0 atom stereocenters. The molecule has 1 aromatic rings. The summed E-state index contributed by atoms with van der Waals surface area (Å²) < 4.78 is 0.824. The summed E-state index contributed by atoms with van der Waals surface area (Å²) in [6.07, 6.45) is -1.12. The second kappa shape index (κ2) is 2.65. The maximum Gasteiger partial charge on any atom is 0.512 e. The van der Waals surface area contributed by atoms with Gasteiger partial charge in [-0.15, -0.1) is 5.10 Å².